The van der Waals surface area contributed by atoms with Crippen LogP contribution in [0.4, 0.5) is 0 Å². The van der Waals surface area contributed by atoms with Crippen molar-refractivity contribution in [2.75, 3.05) is 0 Å². The molecule has 0 aliphatic rings. The third-order valence-electron chi connectivity index (χ3n) is 2.79. The highest BCUT2D eigenvalue weighted by Crippen LogP contribution is 2.23. The van der Waals surface area contributed by atoms with Crippen molar-refractivity contribution in [3.63, 3.8) is 0 Å². The smallest absolute Gasteiger partial charge is 0.120 e. The Bertz CT molecular complexity index is 570. The van der Waals surface area contributed by atoms with Gasteiger partial charge in [-0.25, -0.2) is 0 Å². The van der Waals surface area contributed by atoms with Crippen molar-refractivity contribution in [2.24, 2.45) is 5.73 Å². The first kappa shape index (κ1) is 14.2. The maximum Gasteiger partial charge on any atom is 0.120 e. The van der Waals surface area contributed by atoms with Crippen LogP contribution in [0.2, 0.25) is 10.0 Å². The number of nitrogens with two attached hydrogens (primary N) is 1. The Balaban J connectivity index is 2.08. The minimum Gasteiger partial charge on any atom is -0.489 e. The SMILES string of the molecule is CC(N)c1cccc(OCc2ccc(Cl)cc2Cl)c1. The summed E-state index contributed by atoms with van der Waals surface area (Å²) in [5, 5.41) is 1.23. The number of ether oxygens (including phenoxy) is 1. The molecule has 2 nitrogen and oxygen atoms in total. The molecule has 0 aliphatic heterocycles. The first-order valence-corrected chi connectivity index (χ1v) is 6.74. The monoisotopic (exact) mass is 295 g/mol. The van der Waals surface area contributed by atoms with E-state index >= 15 is 0 Å². The summed E-state index contributed by atoms with van der Waals surface area (Å²) >= 11 is 11.9. The van der Waals surface area contributed by atoms with Gasteiger partial charge in [0.15, 0.2) is 0 Å². The van der Waals surface area contributed by atoms with Crippen LogP contribution in [-0.2, 0) is 6.61 Å². The lowest BCUT2D eigenvalue weighted by Crippen LogP contribution is -2.05. The molecule has 0 heterocycles. The molecule has 0 spiro atoms. The second-order valence-electron chi connectivity index (χ2n) is 4.39. The lowest BCUT2D eigenvalue weighted by Gasteiger charge is -2.11. The number of hydrogen-bond acceptors (Lipinski definition) is 2. The van der Waals surface area contributed by atoms with Gasteiger partial charge in [0.2, 0.25) is 0 Å². The van der Waals surface area contributed by atoms with Crippen LogP contribution < -0.4 is 10.5 Å². The van der Waals surface area contributed by atoms with Gasteiger partial charge >= 0.3 is 0 Å². The fourth-order valence-electron chi connectivity index (χ4n) is 1.69. The zero-order valence-electron chi connectivity index (χ0n) is 10.6. The van der Waals surface area contributed by atoms with Crippen LogP contribution in [-0.4, -0.2) is 0 Å². The van der Waals surface area contributed by atoms with Crippen molar-refractivity contribution in [1.82, 2.24) is 0 Å². The van der Waals surface area contributed by atoms with E-state index in [0.717, 1.165) is 16.9 Å². The van der Waals surface area contributed by atoms with Crippen molar-refractivity contribution >= 4 is 23.2 Å². The molecule has 100 valence electrons. The summed E-state index contributed by atoms with van der Waals surface area (Å²) in [6.07, 6.45) is 0. The van der Waals surface area contributed by atoms with Crippen LogP contribution >= 0.6 is 23.2 Å². The van der Waals surface area contributed by atoms with Crippen molar-refractivity contribution < 1.29 is 4.74 Å². The number of rotatable bonds is 4. The molecule has 0 radical (unpaired) electrons. The molecule has 0 aromatic heterocycles. The van der Waals surface area contributed by atoms with E-state index in [-0.39, 0.29) is 6.04 Å². The van der Waals surface area contributed by atoms with Crippen LogP contribution in [0.3, 0.4) is 0 Å². The maximum atomic E-state index is 6.09. The molecule has 2 rings (SSSR count). The van der Waals surface area contributed by atoms with E-state index in [9.17, 15) is 0 Å². The molecule has 2 N–H and O–H groups in total. The van der Waals surface area contributed by atoms with Gasteiger partial charge in [-0.3, -0.25) is 0 Å². The molecule has 2 aromatic rings. The Labute approximate surface area is 123 Å². The van der Waals surface area contributed by atoms with Crippen molar-refractivity contribution in [3.8, 4) is 5.75 Å². The average Bonchev–Trinajstić information content (AvgIpc) is 2.38. The average molecular weight is 296 g/mol. The molecule has 0 fully saturated rings. The minimum atomic E-state index is -0.0114. The highest BCUT2D eigenvalue weighted by atomic mass is 35.5. The van der Waals surface area contributed by atoms with E-state index in [2.05, 4.69) is 0 Å². The van der Waals surface area contributed by atoms with E-state index < -0.39 is 0 Å². The topological polar surface area (TPSA) is 35.2 Å². The normalized spacial score (nSPS) is 12.2. The van der Waals surface area contributed by atoms with Crippen molar-refractivity contribution in [3.05, 3.63) is 63.6 Å². The summed E-state index contributed by atoms with van der Waals surface area (Å²) < 4.78 is 5.72. The summed E-state index contributed by atoms with van der Waals surface area (Å²) in [7, 11) is 0. The van der Waals surface area contributed by atoms with E-state index in [1.54, 1.807) is 12.1 Å². The molecule has 0 aliphatic carbocycles. The van der Waals surface area contributed by atoms with E-state index in [1.165, 1.54) is 0 Å². The lowest BCUT2D eigenvalue weighted by molar-refractivity contribution is 0.306. The van der Waals surface area contributed by atoms with Crippen LogP contribution in [0.15, 0.2) is 42.5 Å². The number of hydrogen-bond donors (Lipinski definition) is 1. The predicted octanol–water partition coefficient (Wildman–Crippen LogP) is 4.59. The molecule has 0 amide bonds. The Morgan fingerprint density at radius 1 is 1.16 bits per heavy atom. The van der Waals surface area contributed by atoms with Crippen molar-refractivity contribution in [2.45, 2.75) is 19.6 Å². The van der Waals surface area contributed by atoms with Crippen LogP contribution in [0.25, 0.3) is 0 Å². The first-order valence-electron chi connectivity index (χ1n) is 5.98. The van der Waals surface area contributed by atoms with Gasteiger partial charge in [0, 0.05) is 21.7 Å². The Morgan fingerprint density at radius 3 is 2.63 bits per heavy atom. The third-order valence-corrected chi connectivity index (χ3v) is 3.38. The fourth-order valence-corrected chi connectivity index (χ4v) is 2.15. The van der Waals surface area contributed by atoms with Crippen molar-refractivity contribution in [1.29, 1.82) is 0 Å². The number of benzene rings is 2. The Kier molecular flexibility index (Phi) is 4.70. The second kappa shape index (κ2) is 6.29. The molecule has 1 atom stereocenters. The molecule has 0 saturated heterocycles. The summed E-state index contributed by atoms with van der Waals surface area (Å²) in [5.41, 5.74) is 7.78. The first-order chi connectivity index (χ1) is 9.06. The Hall–Kier alpha value is -1.22. The molecule has 2 aromatic carbocycles. The molecule has 1 unspecified atom stereocenters. The Morgan fingerprint density at radius 2 is 1.95 bits per heavy atom. The van der Waals surface area contributed by atoms with E-state index in [1.807, 2.05) is 37.3 Å². The molecular weight excluding hydrogens is 281 g/mol. The highest BCUT2D eigenvalue weighted by Gasteiger charge is 2.04. The molecule has 0 bridgehead atoms. The largest absolute Gasteiger partial charge is 0.489 e. The zero-order valence-corrected chi connectivity index (χ0v) is 12.1. The van der Waals surface area contributed by atoms with Gasteiger partial charge in [-0.15, -0.1) is 0 Å². The van der Waals surface area contributed by atoms with E-state index in [0.29, 0.717) is 16.7 Å². The summed E-state index contributed by atoms with van der Waals surface area (Å²) in [4.78, 5) is 0. The van der Waals surface area contributed by atoms with Gasteiger partial charge in [-0.2, -0.15) is 0 Å². The number of halogens is 2. The zero-order chi connectivity index (χ0) is 13.8. The molecule has 19 heavy (non-hydrogen) atoms. The standard InChI is InChI=1S/C15H15Cl2NO/c1-10(18)11-3-2-4-14(7-11)19-9-12-5-6-13(16)8-15(12)17/h2-8,10H,9,18H2,1H3. The van der Waals surface area contributed by atoms with Gasteiger partial charge in [0.1, 0.15) is 12.4 Å². The predicted molar refractivity (Wildman–Crippen MR) is 79.8 cm³/mol. The van der Waals surface area contributed by atoms with E-state index in [4.69, 9.17) is 33.7 Å². The maximum absolute atomic E-state index is 6.09. The quantitative estimate of drug-likeness (QED) is 0.895. The molecular formula is C15H15Cl2NO. The van der Waals surface area contributed by atoms with Crippen LogP contribution in [0.5, 0.6) is 5.75 Å². The van der Waals surface area contributed by atoms with Gasteiger partial charge in [0.25, 0.3) is 0 Å². The van der Waals surface area contributed by atoms with Crippen LogP contribution in [0.1, 0.15) is 24.1 Å². The van der Waals surface area contributed by atoms with Crippen LogP contribution in [0, 0.1) is 0 Å². The van der Waals surface area contributed by atoms with Gasteiger partial charge in [0.05, 0.1) is 0 Å². The van der Waals surface area contributed by atoms with Gasteiger partial charge in [-0.05, 0) is 36.8 Å². The molecule has 0 saturated carbocycles. The third kappa shape index (κ3) is 3.87. The summed E-state index contributed by atoms with van der Waals surface area (Å²) in [6, 6.07) is 13.1. The lowest BCUT2D eigenvalue weighted by atomic mass is 10.1. The highest BCUT2D eigenvalue weighted by molar-refractivity contribution is 6.35. The van der Waals surface area contributed by atoms with Gasteiger partial charge < -0.3 is 10.5 Å². The summed E-state index contributed by atoms with van der Waals surface area (Å²) in [5.74, 6) is 0.779. The minimum absolute atomic E-state index is 0.0114. The fraction of sp³-hybridized carbons (Fsp3) is 0.200. The molecule has 4 heteroatoms. The van der Waals surface area contributed by atoms with Gasteiger partial charge in [-0.1, -0.05) is 41.4 Å². The summed E-state index contributed by atoms with van der Waals surface area (Å²) in [6.45, 7) is 2.34. The second-order valence-corrected chi connectivity index (χ2v) is 5.23.